The van der Waals surface area contributed by atoms with Crippen LogP contribution in [-0.2, 0) is 12.8 Å². The number of nitrogen functional groups attached to an aromatic ring is 1. The summed E-state index contributed by atoms with van der Waals surface area (Å²) in [7, 11) is 0. The topological polar surface area (TPSA) is 81.3 Å². The van der Waals surface area contributed by atoms with Gasteiger partial charge in [-0.3, -0.25) is 0 Å². The van der Waals surface area contributed by atoms with E-state index >= 15 is 0 Å². The molecule has 0 radical (unpaired) electrons. The van der Waals surface area contributed by atoms with Crippen LogP contribution < -0.4 is 10.5 Å². The SMILES string of the molecule is CCc1c(N)ncnc1Oc1ccc(CCO)cc1. The molecule has 5 heteroatoms. The Labute approximate surface area is 112 Å². The quantitative estimate of drug-likeness (QED) is 0.857. The summed E-state index contributed by atoms with van der Waals surface area (Å²) in [6.07, 6.45) is 2.75. The normalized spacial score (nSPS) is 10.4. The molecule has 0 aliphatic heterocycles. The standard InChI is InChI=1S/C14H17N3O2/c1-2-12-13(15)16-9-17-14(12)19-11-5-3-10(4-6-11)7-8-18/h3-6,9,18H,2,7-8H2,1H3,(H2,15,16,17). The van der Waals surface area contributed by atoms with Gasteiger partial charge in [-0.25, -0.2) is 9.97 Å². The van der Waals surface area contributed by atoms with Crippen LogP contribution in [0.4, 0.5) is 5.82 Å². The molecule has 0 atom stereocenters. The zero-order chi connectivity index (χ0) is 13.7. The van der Waals surface area contributed by atoms with E-state index in [0.717, 1.165) is 11.1 Å². The van der Waals surface area contributed by atoms with Gasteiger partial charge >= 0.3 is 0 Å². The van der Waals surface area contributed by atoms with Gasteiger partial charge < -0.3 is 15.6 Å². The first-order valence-electron chi connectivity index (χ1n) is 6.21. The summed E-state index contributed by atoms with van der Waals surface area (Å²) in [6, 6.07) is 7.54. The van der Waals surface area contributed by atoms with E-state index in [1.54, 1.807) is 0 Å². The molecule has 100 valence electrons. The third-order valence-electron chi connectivity index (χ3n) is 2.83. The van der Waals surface area contributed by atoms with Crippen LogP contribution in [0.2, 0.25) is 0 Å². The van der Waals surface area contributed by atoms with E-state index in [1.165, 1.54) is 6.33 Å². The number of anilines is 1. The molecule has 1 aromatic carbocycles. The fraction of sp³-hybridized carbons (Fsp3) is 0.286. The van der Waals surface area contributed by atoms with Crippen molar-refractivity contribution in [3.8, 4) is 11.6 Å². The second-order valence-corrected chi connectivity index (χ2v) is 4.12. The molecule has 0 fully saturated rings. The molecule has 0 amide bonds. The second kappa shape index (κ2) is 6.15. The maximum atomic E-state index is 8.86. The Kier molecular flexibility index (Phi) is 4.30. The molecule has 19 heavy (non-hydrogen) atoms. The van der Waals surface area contributed by atoms with Crippen LogP contribution in [0.5, 0.6) is 11.6 Å². The second-order valence-electron chi connectivity index (χ2n) is 4.12. The molecular weight excluding hydrogens is 242 g/mol. The third-order valence-corrected chi connectivity index (χ3v) is 2.83. The number of nitrogens with zero attached hydrogens (tertiary/aromatic N) is 2. The van der Waals surface area contributed by atoms with Crippen molar-refractivity contribution in [2.75, 3.05) is 12.3 Å². The minimum absolute atomic E-state index is 0.141. The van der Waals surface area contributed by atoms with Crippen LogP contribution in [-0.4, -0.2) is 21.7 Å². The number of benzene rings is 1. The van der Waals surface area contributed by atoms with Crippen LogP contribution in [0.15, 0.2) is 30.6 Å². The van der Waals surface area contributed by atoms with Crippen LogP contribution in [0, 0.1) is 0 Å². The van der Waals surface area contributed by atoms with Crippen molar-refractivity contribution in [2.45, 2.75) is 19.8 Å². The summed E-state index contributed by atoms with van der Waals surface area (Å²) in [6.45, 7) is 2.12. The van der Waals surface area contributed by atoms with Crippen LogP contribution >= 0.6 is 0 Å². The van der Waals surface area contributed by atoms with E-state index in [2.05, 4.69) is 9.97 Å². The predicted molar refractivity (Wildman–Crippen MR) is 73.1 cm³/mol. The Morgan fingerprint density at radius 2 is 1.95 bits per heavy atom. The summed E-state index contributed by atoms with van der Waals surface area (Å²) in [5.41, 5.74) is 7.66. The largest absolute Gasteiger partial charge is 0.439 e. The van der Waals surface area contributed by atoms with Crippen molar-refractivity contribution in [1.29, 1.82) is 0 Å². The number of aliphatic hydroxyl groups is 1. The molecule has 0 aliphatic rings. The first-order valence-corrected chi connectivity index (χ1v) is 6.21. The highest BCUT2D eigenvalue weighted by Crippen LogP contribution is 2.26. The lowest BCUT2D eigenvalue weighted by atomic mass is 10.1. The molecule has 0 unspecified atom stereocenters. The molecule has 3 N–H and O–H groups in total. The molecule has 0 saturated carbocycles. The third kappa shape index (κ3) is 3.20. The maximum absolute atomic E-state index is 8.86. The fourth-order valence-corrected chi connectivity index (χ4v) is 1.79. The van der Waals surface area contributed by atoms with Crippen molar-refractivity contribution < 1.29 is 9.84 Å². The number of rotatable bonds is 5. The molecule has 1 heterocycles. The fourth-order valence-electron chi connectivity index (χ4n) is 1.79. The highest BCUT2D eigenvalue weighted by molar-refractivity contribution is 5.46. The lowest BCUT2D eigenvalue weighted by Crippen LogP contribution is -2.01. The van der Waals surface area contributed by atoms with E-state index in [1.807, 2.05) is 31.2 Å². The smallest absolute Gasteiger partial charge is 0.227 e. The number of ether oxygens (including phenoxy) is 1. The van der Waals surface area contributed by atoms with Crippen molar-refractivity contribution >= 4 is 5.82 Å². The minimum atomic E-state index is 0.141. The number of hydrogen-bond donors (Lipinski definition) is 2. The van der Waals surface area contributed by atoms with Crippen molar-refractivity contribution in [1.82, 2.24) is 9.97 Å². The first kappa shape index (κ1) is 13.3. The maximum Gasteiger partial charge on any atom is 0.227 e. The van der Waals surface area contributed by atoms with Crippen molar-refractivity contribution in [3.63, 3.8) is 0 Å². The van der Waals surface area contributed by atoms with Gasteiger partial charge in [-0.2, -0.15) is 0 Å². The Bertz CT molecular complexity index is 541. The number of hydrogen-bond acceptors (Lipinski definition) is 5. The Hall–Kier alpha value is -2.14. The molecule has 0 aliphatic carbocycles. The Balaban J connectivity index is 2.19. The minimum Gasteiger partial charge on any atom is -0.439 e. The van der Waals surface area contributed by atoms with Crippen LogP contribution in [0.3, 0.4) is 0 Å². The summed E-state index contributed by atoms with van der Waals surface area (Å²) < 4.78 is 5.72. The Morgan fingerprint density at radius 3 is 2.58 bits per heavy atom. The van der Waals surface area contributed by atoms with Gasteiger partial charge in [0.25, 0.3) is 0 Å². The molecular formula is C14H17N3O2. The van der Waals surface area contributed by atoms with Crippen LogP contribution in [0.25, 0.3) is 0 Å². The zero-order valence-corrected chi connectivity index (χ0v) is 10.8. The monoisotopic (exact) mass is 259 g/mol. The number of aromatic nitrogens is 2. The number of nitrogens with two attached hydrogens (primary N) is 1. The molecule has 0 spiro atoms. The van der Waals surface area contributed by atoms with Crippen molar-refractivity contribution in [2.24, 2.45) is 0 Å². The predicted octanol–water partition coefficient (Wildman–Crippen LogP) is 1.95. The van der Waals surface area contributed by atoms with E-state index in [4.69, 9.17) is 15.6 Å². The Morgan fingerprint density at radius 1 is 1.21 bits per heavy atom. The lowest BCUT2D eigenvalue weighted by Gasteiger charge is -2.10. The van der Waals surface area contributed by atoms with Gasteiger partial charge in [0.15, 0.2) is 0 Å². The van der Waals surface area contributed by atoms with Crippen LogP contribution in [0.1, 0.15) is 18.1 Å². The van der Waals surface area contributed by atoms with E-state index in [0.29, 0.717) is 30.3 Å². The highest BCUT2D eigenvalue weighted by atomic mass is 16.5. The van der Waals surface area contributed by atoms with Gasteiger partial charge in [0.1, 0.15) is 17.9 Å². The van der Waals surface area contributed by atoms with E-state index in [9.17, 15) is 0 Å². The molecule has 0 saturated heterocycles. The van der Waals surface area contributed by atoms with Gasteiger partial charge in [-0.1, -0.05) is 19.1 Å². The van der Waals surface area contributed by atoms with Gasteiger partial charge in [0.2, 0.25) is 5.88 Å². The summed E-state index contributed by atoms with van der Waals surface area (Å²) in [5, 5.41) is 8.86. The summed E-state index contributed by atoms with van der Waals surface area (Å²) in [4.78, 5) is 8.06. The van der Waals surface area contributed by atoms with E-state index in [-0.39, 0.29) is 6.61 Å². The van der Waals surface area contributed by atoms with E-state index < -0.39 is 0 Å². The molecule has 1 aromatic heterocycles. The van der Waals surface area contributed by atoms with Gasteiger partial charge in [-0.05, 0) is 30.5 Å². The lowest BCUT2D eigenvalue weighted by molar-refractivity contribution is 0.299. The van der Waals surface area contributed by atoms with Crippen molar-refractivity contribution in [3.05, 3.63) is 41.7 Å². The average molecular weight is 259 g/mol. The summed E-state index contributed by atoms with van der Waals surface area (Å²) >= 11 is 0. The average Bonchev–Trinajstić information content (AvgIpc) is 2.42. The van der Waals surface area contributed by atoms with Gasteiger partial charge in [0.05, 0.1) is 5.56 Å². The molecule has 0 bridgehead atoms. The zero-order valence-electron chi connectivity index (χ0n) is 10.8. The summed E-state index contributed by atoms with van der Waals surface area (Å²) in [5.74, 6) is 1.63. The first-order chi connectivity index (χ1) is 9.24. The molecule has 5 nitrogen and oxygen atoms in total. The molecule has 2 rings (SSSR count). The number of aliphatic hydroxyl groups excluding tert-OH is 1. The van der Waals surface area contributed by atoms with Gasteiger partial charge in [-0.15, -0.1) is 0 Å². The van der Waals surface area contributed by atoms with Gasteiger partial charge in [0, 0.05) is 6.61 Å². The highest BCUT2D eigenvalue weighted by Gasteiger charge is 2.09. The molecule has 2 aromatic rings.